The number of fused-ring (bicyclic) bond motifs is 2. The topological polar surface area (TPSA) is 88.6 Å². The minimum atomic E-state index is -0.569. The third-order valence-corrected chi connectivity index (χ3v) is 6.86. The molecule has 180 valence electrons. The van der Waals surface area contributed by atoms with Gasteiger partial charge in [0.2, 0.25) is 11.9 Å². The van der Waals surface area contributed by atoms with Gasteiger partial charge in [0.1, 0.15) is 11.9 Å². The third-order valence-electron chi connectivity index (χ3n) is 6.86. The van der Waals surface area contributed by atoms with Crippen molar-refractivity contribution in [3.63, 3.8) is 0 Å². The fourth-order valence-corrected chi connectivity index (χ4v) is 4.81. The maximum absolute atomic E-state index is 14.5. The molecule has 1 atom stereocenters. The maximum atomic E-state index is 14.5. The lowest BCUT2D eigenvalue weighted by molar-refractivity contribution is -0.116. The molecule has 8 nitrogen and oxygen atoms in total. The van der Waals surface area contributed by atoms with Crippen LogP contribution in [0.15, 0.2) is 48.7 Å². The molecule has 3 aliphatic rings. The molecule has 1 saturated carbocycles. The monoisotopic (exact) mass is 475 g/mol. The summed E-state index contributed by atoms with van der Waals surface area (Å²) in [5.74, 6) is 0.519. The number of nitrogens with one attached hydrogen (secondary N) is 2. The number of aromatic nitrogens is 2. The first kappa shape index (κ1) is 21.8. The normalized spacial score (nSPS) is 19.5. The number of anilines is 5. The molecule has 2 aromatic carbocycles. The Kier molecular flexibility index (Phi) is 5.29. The van der Waals surface area contributed by atoms with Crippen molar-refractivity contribution in [1.82, 2.24) is 9.97 Å². The SMILES string of the molecule is CC(=O)N1CC2(CC2)c2ccc(Nc3nc(Nc4ccc(OC5CCOC5)cc4)ncc3F)cc21. The molecule has 1 amide bonds. The number of carbonyl (C=O) groups excluding carboxylic acids is 1. The lowest BCUT2D eigenvalue weighted by atomic mass is 9.98. The molecular formula is C26H26FN5O3. The van der Waals surface area contributed by atoms with Gasteiger partial charge in [-0.15, -0.1) is 0 Å². The first-order chi connectivity index (χ1) is 17.0. The summed E-state index contributed by atoms with van der Waals surface area (Å²) in [6.07, 6.45) is 4.28. The van der Waals surface area contributed by atoms with Crippen molar-refractivity contribution in [2.45, 2.75) is 37.7 Å². The molecule has 6 rings (SSSR count). The highest BCUT2D eigenvalue weighted by Crippen LogP contribution is 2.56. The van der Waals surface area contributed by atoms with Crippen molar-refractivity contribution in [2.24, 2.45) is 0 Å². The van der Waals surface area contributed by atoms with E-state index in [4.69, 9.17) is 9.47 Å². The number of hydrogen-bond donors (Lipinski definition) is 2. The maximum Gasteiger partial charge on any atom is 0.229 e. The van der Waals surface area contributed by atoms with Gasteiger partial charge in [-0.2, -0.15) is 4.98 Å². The fourth-order valence-electron chi connectivity index (χ4n) is 4.81. The zero-order valence-corrected chi connectivity index (χ0v) is 19.4. The van der Waals surface area contributed by atoms with Crippen molar-refractivity contribution in [3.8, 4) is 5.75 Å². The van der Waals surface area contributed by atoms with E-state index in [0.29, 0.717) is 12.3 Å². The highest BCUT2D eigenvalue weighted by atomic mass is 19.1. The molecule has 1 aliphatic carbocycles. The van der Waals surface area contributed by atoms with Gasteiger partial charge in [0.15, 0.2) is 11.6 Å². The molecule has 2 aliphatic heterocycles. The second-order valence-electron chi connectivity index (χ2n) is 9.39. The van der Waals surface area contributed by atoms with E-state index in [1.54, 1.807) is 6.92 Å². The Labute approximate surface area is 202 Å². The number of carbonyl (C=O) groups is 1. The Morgan fingerprint density at radius 2 is 1.97 bits per heavy atom. The first-order valence-corrected chi connectivity index (χ1v) is 11.8. The predicted octanol–water partition coefficient (Wildman–Crippen LogP) is 4.67. The largest absolute Gasteiger partial charge is 0.488 e. The van der Waals surface area contributed by atoms with Crippen molar-refractivity contribution in [1.29, 1.82) is 0 Å². The van der Waals surface area contributed by atoms with Crippen LogP contribution < -0.4 is 20.3 Å². The number of amides is 1. The van der Waals surface area contributed by atoms with Crippen LogP contribution in [0.1, 0.15) is 31.7 Å². The van der Waals surface area contributed by atoms with Crippen LogP contribution in [0.2, 0.25) is 0 Å². The van der Waals surface area contributed by atoms with E-state index in [9.17, 15) is 9.18 Å². The van der Waals surface area contributed by atoms with Crippen LogP contribution in [0.3, 0.4) is 0 Å². The van der Waals surface area contributed by atoms with Crippen molar-refractivity contribution < 1.29 is 18.7 Å². The second-order valence-corrected chi connectivity index (χ2v) is 9.39. The van der Waals surface area contributed by atoms with Gasteiger partial charge in [0, 0.05) is 42.4 Å². The highest BCUT2D eigenvalue weighted by Gasteiger charge is 2.52. The molecule has 1 aromatic heterocycles. The van der Waals surface area contributed by atoms with Crippen LogP contribution in [0.5, 0.6) is 5.75 Å². The quantitative estimate of drug-likeness (QED) is 0.536. The Hall–Kier alpha value is -3.72. The minimum absolute atomic E-state index is 0.0138. The molecule has 3 heterocycles. The van der Waals surface area contributed by atoms with Gasteiger partial charge in [-0.05, 0) is 54.8 Å². The zero-order valence-electron chi connectivity index (χ0n) is 19.4. The smallest absolute Gasteiger partial charge is 0.229 e. The third kappa shape index (κ3) is 4.27. The van der Waals surface area contributed by atoms with E-state index >= 15 is 0 Å². The van der Waals surface area contributed by atoms with E-state index in [0.717, 1.165) is 55.7 Å². The van der Waals surface area contributed by atoms with E-state index in [2.05, 4.69) is 20.6 Å². The van der Waals surface area contributed by atoms with Crippen molar-refractivity contribution in [3.05, 3.63) is 60.0 Å². The Morgan fingerprint density at radius 3 is 2.69 bits per heavy atom. The number of rotatable bonds is 6. The minimum Gasteiger partial charge on any atom is -0.488 e. The van der Waals surface area contributed by atoms with Crippen molar-refractivity contribution in [2.75, 3.05) is 35.3 Å². The molecule has 2 N–H and O–H groups in total. The average molecular weight is 476 g/mol. The number of halogens is 1. The molecule has 0 bridgehead atoms. The van der Waals surface area contributed by atoms with E-state index < -0.39 is 5.82 Å². The van der Waals surface area contributed by atoms with Crippen LogP contribution in [0.25, 0.3) is 0 Å². The van der Waals surface area contributed by atoms with Gasteiger partial charge in [0.25, 0.3) is 0 Å². The Morgan fingerprint density at radius 1 is 1.17 bits per heavy atom. The standard InChI is InChI=1S/C26H26FN5O3/c1-16(33)32-15-26(9-10-26)21-7-4-18(12-23(21)32)29-24-22(27)13-28-25(31-24)30-17-2-5-19(6-3-17)35-20-8-11-34-14-20/h2-7,12-13,20H,8-11,14-15H2,1H3,(H2,28,29,30,31). The van der Waals surface area contributed by atoms with Crippen LogP contribution in [0.4, 0.5) is 33.2 Å². The summed E-state index contributed by atoms with van der Waals surface area (Å²) >= 11 is 0. The van der Waals surface area contributed by atoms with Crippen LogP contribution in [-0.2, 0) is 14.9 Å². The van der Waals surface area contributed by atoms with E-state index in [1.165, 1.54) is 5.56 Å². The van der Waals surface area contributed by atoms with E-state index in [-0.39, 0.29) is 29.2 Å². The predicted molar refractivity (Wildman–Crippen MR) is 130 cm³/mol. The van der Waals surface area contributed by atoms with Gasteiger partial charge < -0.3 is 25.0 Å². The Bertz CT molecular complexity index is 1270. The zero-order chi connectivity index (χ0) is 24.0. The van der Waals surface area contributed by atoms with E-state index in [1.807, 2.05) is 47.4 Å². The summed E-state index contributed by atoms with van der Waals surface area (Å²) in [5.41, 5.74) is 3.59. The number of benzene rings is 2. The number of ether oxygens (including phenoxy) is 2. The number of hydrogen-bond acceptors (Lipinski definition) is 7. The van der Waals surface area contributed by atoms with Crippen LogP contribution in [0, 0.1) is 5.82 Å². The lowest BCUT2D eigenvalue weighted by Gasteiger charge is -2.16. The molecule has 1 spiro atoms. The lowest BCUT2D eigenvalue weighted by Crippen LogP contribution is -2.28. The number of nitrogens with zero attached hydrogens (tertiary/aromatic N) is 3. The summed E-state index contributed by atoms with van der Waals surface area (Å²) in [7, 11) is 0. The summed E-state index contributed by atoms with van der Waals surface area (Å²) in [6, 6.07) is 13.3. The molecule has 9 heteroatoms. The molecule has 1 saturated heterocycles. The summed E-state index contributed by atoms with van der Waals surface area (Å²) in [6.45, 7) is 3.63. The van der Waals surface area contributed by atoms with Gasteiger partial charge in [-0.1, -0.05) is 6.07 Å². The molecule has 3 aromatic rings. The molecule has 2 fully saturated rings. The first-order valence-electron chi connectivity index (χ1n) is 11.8. The highest BCUT2D eigenvalue weighted by molar-refractivity contribution is 5.96. The fraction of sp³-hybridized carbons (Fsp3) is 0.346. The summed E-state index contributed by atoms with van der Waals surface area (Å²) < 4.78 is 25.8. The van der Waals surface area contributed by atoms with Crippen LogP contribution in [-0.4, -0.2) is 41.7 Å². The van der Waals surface area contributed by atoms with Crippen molar-refractivity contribution >= 4 is 34.7 Å². The van der Waals surface area contributed by atoms with Gasteiger partial charge in [0.05, 0.1) is 19.4 Å². The Balaban J connectivity index is 1.18. The molecule has 1 unspecified atom stereocenters. The second kappa shape index (κ2) is 8.49. The molecule has 35 heavy (non-hydrogen) atoms. The summed E-state index contributed by atoms with van der Waals surface area (Å²) in [4.78, 5) is 22.4. The summed E-state index contributed by atoms with van der Waals surface area (Å²) in [5, 5.41) is 6.15. The average Bonchev–Trinajstić information content (AvgIpc) is 3.30. The van der Waals surface area contributed by atoms with Gasteiger partial charge in [-0.3, -0.25) is 4.79 Å². The molecular weight excluding hydrogens is 449 g/mol. The van der Waals surface area contributed by atoms with Gasteiger partial charge in [-0.25, -0.2) is 9.37 Å². The molecule has 0 radical (unpaired) electrons. The van der Waals surface area contributed by atoms with Gasteiger partial charge >= 0.3 is 0 Å². The van der Waals surface area contributed by atoms with Crippen LogP contribution >= 0.6 is 0 Å².